The predicted octanol–water partition coefficient (Wildman–Crippen LogP) is -0.0415. The lowest BCUT2D eigenvalue weighted by Crippen LogP contribution is -2.41. The number of aliphatic hydroxyl groups excluding tert-OH is 1. The highest BCUT2D eigenvalue weighted by molar-refractivity contribution is 5.94. The first-order valence-electron chi connectivity index (χ1n) is 6.05. The molecule has 1 aromatic carbocycles. The maximum atomic E-state index is 11.7. The number of nitro benzene ring substituents is 1. The van der Waals surface area contributed by atoms with E-state index in [1.54, 1.807) is 0 Å². The number of anilines is 1. The lowest BCUT2D eigenvalue weighted by Gasteiger charge is -2.13. The average molecular weight is 297 g/mol. The third-order valence-electron chi connectivity index (χ3n) is 2.55. The Bertz CT molecular complexity index is 516. The zero-order valence-corrected chi connectivity index (χ0v) is 11.0. The molecule has 0 saturated carbocycles. The quantitative estimate of drug-likeness (QED) is 0.389. The minimum absolute atomic E-state index is 0.0573. The molecule has 1 aromatic rings. The van der Waals surface area contributed by atoms with Crippen LogP contribution in [-0.4, -0.2) is 46.2 Å². The molecule has 1 rings (SSSR count). The number of carboxylic acids is 1. The van der Waals surface area contributed by atoms with Gasteiger partial charge in [0, 0.05) is 24.4 Å². The van der Waals surface area contributed by atoms with Gasteiger partial charge in [0.2, 0.25) is 5.91 Å². The van der Waals surface area contributed by atoms with Crippen molar-refractivity contribution in [2.75, 3.05) is 18.5 Å². The van der Waals surface area contributed by atoms with Gasteiger partial charge in [-0.1, -0.05) is 0 Å². The Morgan fingerprint density at radius 1 is 1.29 bits per heavy atom. The fraction of sp³-hybridized carbons (Fsp3) is 0.333. The van der Waals surface area contributed by atoms with Crippen LogP contribution in [0.4, 0.5) is 11.4 Å². The number of aliphatic carboxylic acids is 1. The Balaban J connectivity index is 2.59. The first-order chi connectivity index (χ1) is 9.93. The van der Waals surface area contributed by atoms with Crippen molar-refractivity contribution in [3.8, 4) is 0 Å². The molecule has 1 amide bonds. The monoisotopic (exact) mass is 297 g/mol. The Labute approximate surface area is 119 Å². The van der Waals surface area contributed by atoms with Crippen molar-refractivity contribution in [2.24, 2.45) is 0 Å². The second-order valence-corrected chi connectivity index (χ2v) is 4.12. The Morgan fingerprint density at radius 2 is 1.90 bits per heavy atom. The topological polar surface area (TPSA) is 142 Å². The number of carbonyl (C=O) groups is 2. The number of nitro groups is 1. The number of carbonyl (C=O) groups excluding carboxylic acids is 1. The van der Waals surface area contributed by atoms with Crippen molar-refractivity contribution >= 4 is 23.3 Å². The van der Waals surface area contributed by atoms with E-state index < -0.39 is 22.8 Å². The molecule has 0 aliphatic rings. The lowest BCUT2D eigenvalue weighted by molar-refractivity contribution is -0.384. The molecule has 0 aromatic heterocycles. The minimum Gasteiger partial charge on any atom is -0.480 e. The Hall–Kier alpha value is -2.52. The molecule has 4 N–H and O–H groups in total. The number of hydrogen-bond acceptors (Lipinski definition) is 6. The van der Waals surface area contributed by atoms with Crippen molar-refractivity contribution in [3.63, 3.8) is 0 Å². The average Bonchev–Trinajstić information content (AvgIpc) is 2.43. The maximum Gasteiger partial charge on any atom is 0.321 e. The van der Waals surface area contributed by atoms with E-state index in [9.17, 15) is 19.7 Å². The number of nitrogens with zero attached hydrogens (tertiary/aromatic N) is 1. The van der Waals surface area contributed by atoms with Crippen molar-refractivity contribution in [1.82, 2.24) is 5.32 Å². The molecule has 0 bridgehead atoms. The minimum atomic E-state index is -1.21. The fourth-order valence-electron chi connectivity index (χ4n) is 1.55. The summed E-state index contributed by atoms with van der Waals surface area (Å²) >= 11 is 0. The molecule has 0 saturated heterocycles. The molecule has 0 radical (unpaired) electrons. The van der Waals surface area contributed by atoms with Gasteiger partial charge < -0.3 is 20.8 Å². The summed E-state index contributed by atoms with van der Waals surface area (Å²) in [5.41, 5.74) is 0.220. The number of carboxylic acid groups (broad SMARTS) is 1. The van der Waals surface area contributed by atoms with Gasteiger partial charge in [0.25, 0.3) is 5.69 Å². The van der Waals surface area contributed by atoms with Crippen molar-refractivity contribution < 1.29 is 24.7 Å². The van der Waals surface area contributed by atoms with Crippen molar-refractivity contribution in [3.05, 3.63) is 34.4 Å². The second-order valence-electron chi connectivity index (χ2n) is 4.12. The van der Waals surface area contributed by atoms with Gasteiger partial charge in [-0.2, -0.15) is 0 Å². The van der Waals surface area contributed by atoms with Gasteiger partial charge in [0.1, 0.15) is 6.04 Å². The zero-order chi connectivity index (χ0) is 15.8. The van der Waals surface area contributed by atoms with Crippen LogP contribution in [0.3, 0.4) is 0 Å². The molecule has 114 valence electrons. The summed E-state index contributed by atoms with van der Waals surface area (Å²) in [4.78, 5) is 32.5. The summed E-state index contributed by atoms with van der Waals surface area (Å²) in [6.45, 7) is -0.185. The number of hydrogen-bond donors (Lipinski definition) is 4. The zero-order valence-electron chi connectivity index (χ0n) is 11.0. The van der Waals surface area contributed by atoms with E-state index in [1.807, 2.05) is 0 Å². The molecule has 21 heavy (non-hydrogen) atoms. The van der Waals surface area contributed by atoms with Crippen LogP contribution in [0, 0.1) is 10.1 Å². The molecule has 0 aliphatic carbocycles. The van der Waals surface area contributed by atoms with E-state index in [0.717, 1.165) is 0 Å². The van der Waals surface area contributed by atoms with Crippen LogP contribution in [0.1, 0.15) is 6.42 Å². The van der Waals surface area contributed by atoms with Gasteiger partial charge in [-0.3, -0.25) is 19.7 Å². The van der Waals surface area contributed by atoms with Crippen LogP contribution in [0.25, 0.3) is 0 Å². The number of benzene rings is 1. The number of non-ortho nitro benzene ring substituents is 1. The Morgan fingerprint density at radius 3 is 2.38 bits per heavy atom. The largest absolute Gasteiger partial charge is 0.480 e. The van der Waals surface area contributed by atoms with Gasteiger partial charge in [0.05, 0.1) is 18.0 Å². The molecule has 0 fully saturated rings. The van der Waals surface area contributed by atoms with Crippen LogP contribution in [0.5, 0.6) is 0 Å². The van der Waals surface area contributed by atoms with Crippen LogP contribution in [-0.2, 0) is 9.59 Å². The van der Waals surface area contributed by atoms with Crippen LogP contribution >= 0.6 is 0 Å². The van der Waals surface area contributed by atoms with E-state index in [4.69, 9.17) is 10.2 Å². The molecule has 9 heteroatoms. The number of aliphatic hydroxyl groups is 1. The highest BCUT2D eigenvalue weighted by atomic mass is 16.6. The SMILES string of the molecule is O=C(CC(NCCO)C(=O)O)Nc1ccc([N+](=O)[O-])cc1. The predicted molar refractivity (Wildman–Crippen MR) is 72.9 cm³/mol. The smallest absolute Gasteiger partial charge is 0.321 e. The molecular formula is C12H15N3O6. The first-order valence-corrected chi connectivity index (χ1v) is 6.05. The van der Waals surface area contributed by atoms with Gasteiger partial charge in [-0.15, -0.1) is 0 Å². The molecule has 0 spiro atoms. The summed E-state index contributed by atoms with van der Waals surface area (Å²) in [7, 11) is 0. The highest BCUT2D eigenvalue weighted by Crippen LogP contribution is 2.15. The Kier molecular flexibility index (Phi) is 6.24. The second kappa shape index (κ2) is 7.92. The van der Waals surface area contributed by atoms with E-state index in [2.05, 4.69) is 10.6 Å². The van der Waals surface area contributed by atoms with Crippen LogP contribution in [0.15, 0.2) is 24.3 Å². The van der Waals surface area contributed by atoms with Gasteiger partial charge in [-0.05, 0) is 12.1 Å². The fourth-order valence-corrected chi connectivity index (χ4v) is 1.55. The van der Waals surface area contributed by atoms with Crippen molar-refractivity contribution in [1.29, 1.82) is 0 Å². The van der Waals surface area contributed by atoms with Gasteiger partial charge >= 0.3 is 5.97 Å². The summed E-state index contributed by atoms with van der Waals surface area (Å²) < 4.78 is 0. The molecule has 9 nitrogen and oxygen atoms in total. The summed E-state index contributed by atoms with van der Waals surface area (Å²) in [6, 6.07) is 4.05. The third-order valence-corrected chi connectivity index (χ3v) is 2.55. The van der Waals surface area contributed by atoms with Gasteiger partial charge in [0.15, 0.2) is 0 Å². The normalized spacial score (nSPS) is 11.7. The molecule has 0 aliphatic heterocycles. The van der Waals surface area contributed by atoms with E-state index in [0.29, 0.717) is 5.69 Å². The molecule has 0 heterocycles. The molecule has 1 unspecified atom stereocenters. The lowest BCUT2D eigenvalue weighted by atomic mass is 10.2. The van der Waals surface area contributed by atoms with Crippen LogP contribution in [0.2, 0.25) is 0 Å². The first kappa shape index (κ1) is 16.5. The third kappa shape index (κ3) is 5.55. The van der Waals surface area contributed by atoms with Crippen LogP contribution < -0.4 is 10.6 Å². The maximum absolute atomic E-state index is 11.7. The van der Waals surface area contributed by atoms with E-state index >= 15 is 0 Å². The molecule has 1 atom stereocenters. The molecular weight excluding hydrogens is 282 g/mol. The van der Waals surface area contributed by atoms with Crippen molar-refractivity contribution in [2.45, 2.75) is 12.5 Å². The van der Waals surface area contributed by atoms with E-state index in [1.165, 1.54) is 24.3 Å². The summed E-state index contributed by atoms with van der Waals surface area (Å²) in [6.07, 6.45) is -0.327. The summed E-state index contributed by atoms with van der Waals surface area (Å²) in [5, 5.41) is 33.0. The standard InChI is InChI=1S/C12H15N3O6/c16-6-5-13-10(12(18)19)7-11(17)14-8-1-3-9(4-2-8)15(20)21/h1-4,10,13,16H,5-7H2,(H,14,17)(H,18,19). The number of nitrogens with one attached hydrogen (secondary N) is 2. The number of amides is 1. The number of rotatable bonds is 8. The highest BCUT2D eigenvalue weighted by Gasteiger charge is 2.20. The van der Waals surface area contributed by atoms with Gasteiger partial charge in [-0.25, -0.2) is 0 Å². The summed E-state index contributed by atoms with van der Waals surface area (Å²) in [5.74, 6) is -1.76. The van der Waals surface area contributed by atoms with E-state index in [-0.39, 0.29) is 25.3 Å².